The van der Waals surface area contributed by atoms with Gasteiger partial charge in [0.15, 0.2) is 0 Å². The van der Waals surface area contributed by atoms with Gasteiger partial charge in [-0.3, -0.25) is 4.79 Å². The van der Waals surface area contributed by atoms with Crippen LogP contribution in [-0.4, -0.2) is 24.1 Å². The van der Waals surface area contributed by atoms with Crippen molar-refractivity contribution >= 4 is 17.6 Å². The van der Waals surface area contributed by atoms with Crippen molar-refractivity contribution in [1.82, 2.24) is 0 Å². The summed E-state index contributed by atoms with van der Waals surface area (Å²) < 4.78 is 32.4. The third-order valence-corrected chi connectivity index (χ3v) is 4.78. The van der Waals surface area contributed by atoms with Crippen LogP contribution in [0, 0.1) is 11.6 Å². The summed E-state index contributed by atoms with van der Waals surface area (Å²) >= 11 is 0. The average molecular weight is 361 g/mol. The molecule has 0 aromatic heterocycles. The summed E-state index contributed by atoms with van der Waals surface area (Å²) in [6.45, 7) is 0. The van der Waals surface area contributed by atoms with Crippen molar-refractivity contribution in [2.75, 3.05) is 12.4 Å². The number of amides is 1. The van der Waals surface area contributed by atoms with Crippen molar-refractivity contribution in [2.45, 2.75) is 24.7 Å². The van der Waals surface area contributed by atoms with Crippen LogP contribution in [0.15, 0.2) is 36.4 Å². The number of nitrogens with one attached hydrogen (secondary N) is 1. The van der Waals surface area contributed by atoms with E-state index in [1.54, 1.807) is 0 Å². The first-order chi connectivity index (χ1) is 12.4. The number of methoxy groups -OCH3 is 1. The van der Waals surface area contributed by atoms with E-state index in [9.17, 15) is 18.4 Å². The quantitative estimate of drug-likeness (QED) is 0.851. The molecule has 1 aliphatic carbocycles. The minimum atomic E-state index is -1.15. The lowest BCUT2D eigenvalue weighted by atomic mass is 9.63. The number of hydrogen-bond donors (Lipinski definition) is 2. The van der Waals surface area contributed by atoms with Crippen LogP contribution in [0.3, 0.4) is 0 Å². The molecule has 0 radical (unpaired) electrons. The van der Waals surface area contributed by atoms with E-state index in [0.717, 1.165) is 18.6 Å². The summed E-state index contributed by atoms with van der Waals surface area (Å²) in [7, 11) is 1.33. The maximum absolute atomic E-state index is 14.2. The molecule has 3 rings (SSSR count). The van der Waals surface area contributed by atoms with Gasteiger partial charge in [-0.25, -0.2) is 13.6 Å². The van der Waals surface area contributed by atoms with Gasteiger partial charge >= 0.3 is 5.97 Å². The van der Waals surface area contributed by atoms with E-state index in [1.165, 1.54) is 31.4 Å². The van der Waals surface area contributed by atoms with Gasteiger partial charge in [-0.1, -0.05) is 12.5 Å². The molecule has 136 valence electrons. The van der Waals surface area contributed by atoms with Crippen molar-refractivity contribution in [2.24, 2.45) is 0 Å². The lowest BCUT2D eigenvalue weighted by molar-refractivity contribution is -0.124. The molecular weight excluding hydrogens is 344 g/mol. The summed E-state index contributed by atoms with van der Waals surface area (Å²) in [4.78, 5) is 24.0. The molecule has 1 fully saturated rings. The maximum Gasteiger partial charge on any atom is 0.339 e. The molecule has 7 heteroatoms. The fourth-order valence-electron chi connectivity index (χ4n) is 3.22. The van der Waals surface area contributed by atoms with Gasteiger partial charge in [0, 0.05) is 23.4 Å². The zero-order chi connectivity index (χ0) is 18.9. The zero-order valence-corrected chi connectivity index (χ0v) is 14.0. The second-order valence-corrected chi connectivity index (χ2v) is 6.23. The zero-order valence-electron chi connectivity index (χ0n) is 14.0. The first kappa shape index (κ1) is 17.8. The molecule has 2 N–H and O–H groups in total. The molecule has 1 aliphatic rings. The van der Waals surface area contributed by atoms with Gasteiger partial charge in [0.1, 0.15) is 22.9 Å². The summed E-state index contributed by atoms with van der Waals surface area (Å²) in [5.74, 6) is -2.91. The number of benzene rings is 2. The smallest absolute Gasteiger partial charge is 0.339 e. The second-order valence-electron chi connectivity index (χ2n) is 6.23. The van der Waals surface area contributed by atoms with Gasteiger partial charge in [-0.2, -0.15) is 0 Å². The molecule has 0 spiro atoms. The molecule has 2 aromatic rings. The highest BCUT2D eigenvalue weighted by molar-refractivity contribution is 6.01. The van der Waals surface area contributed by atoms with Gasteiger partial charge < -0.3 is 15.2 Å². The number of rotatable bonds is 5. The molecule has 0 aliphatic heterocycles. The Morgan fingerprint density at radius 1 is 1.15 bits per heavy atom. The minimum absolute atomic E-state index is 0.0339. The fourth-order valence-corrected chi connectivity index (χ4v) is 3.22. The van der Waals surface area contributed by atoms with Gasteiger partial charge in [0.05, 0.1) is 12.5 Å². The third-order valence-electron chi connectivity index (χ3n) is 4.78. The number of ether oxygens (including phenoxy) is 1. The molecule has 0 saturated heterocycles. The molecule has 26 heavy (non-hydrogen) atoms. The number of carbonyl (C=O) groups excluding carboxylic acids is 1. The molecule has 1 amide bonds. The normalized spacial score (nSPS) is 15.0. The Bertz CT molecular complexity index is 878. The van der Waals surface area contributed by atoms with Crippen LogP contribution in [0.25, 0.3) is 0 Å². The molecule has 0 heterocycles. The Balaban J connectivity index is 1.90. The molecule has 0 unspecified atom stereocenters. The van der Waals surface area contributed by atoms with Crippen LogP contribution in [-0.2, 0) is 10.2 Å². The Labute approximate surface area is 148 Å². The molecule has 2 aromatic carbocycles. The number of aromatic carboxylic acids is 1. The van der Waals surface area contributed by atoms with Crippen molar-refractivity contribution in [3.63, 3.8) is 0 Å². The van der Waals surface area contributed by atoms with Gasteiger partial charge in [0.2, 0.25) is 5.91 Å². The largest absolute Gasteiger partial charge is 0.496 e. The first-order valence-electron chi connectivity index (χ1n) is 8.06. The highest BCUT2D eigenvalue weighted by Crippen LogP contribution is 2.45. The third kappa shape index (κ3) is 3.00. The van der Waals surface area contributed by atoms with Crippen LogP contribution in [0.4, 0.5) is 14.5 Å². The number of carbonyl (C=O) groups is 2. The molecule has 0 bridgehead atoms. The Morgan fingerprint density at radius 2 is 1.88 bits per heavy atom. The van der Waals surface area contributed by atoms with Crippen molar-refractivity contribution in [3.8, 4) is 5.75 Å². The van der Waals surface area contributed by atoms with E-state index in [0.29, 0.717) is 18.5 Å². The number of halogens is 2. The van der Waals surface area contributed by atoms with Gasteiger partial charge in [0.25, 0.3) is 0 Å². The Kier molecular flexibility index (Phi) is 4.63. The summed E-state index contributed by atoms with van der Waals surface area (Å²) in [6, 6.07) is 7.37. The lowest BCUT2D eigenvalue weighted by Gasteiger charge is -2.40. The fraction of sp³-hybridized carbons (Fsp3) is 0.263. The summed E-state index contributed by atoms with van der Waals surface area (Å²) in [6.07, 6.45) is 1.66. The van der Waals surface area contributed by atoms with E-state index < -0.39 is 28.9 Å². The molecule has 5 nitrogen and oxygen atoms in total. The second kappa shape index (κ2) is 6.74. The summed E-state index contributed by atoms with van der Waals surface area (Å²) in [5.41, 5.74) is -0.591. The van der Waals surface area contributed by atoms with Crippen LogP contribution in [0.5, 0.6) is 5.75 Å². The average Bonchev–Trinajstić information content (AvgIpc) is 2.55. The maximum atomic E-state index is 14.2. The number of carboxylic acid groups (broad SMARTS) is 1. The lowest BCUT2D eigenvalue weighted by Crippen LogP contribution is -2.46. The number of anilines is 1. The van der Waals surface area contributed by atoms with E-state index in [2.05, 4.69) is 5.32 Å². The number of carboxylic acids is 1. The van der Waals surface area contributed by atoms with Crippen molar-refractivity contribution < 1.29 is 28.2 Å². The highest BCUT2D eigenvalue weighted by Gasteiger charge is 2.47. The minimum Gasteiger partial charge on any atom is -0.496 e. The summed E-state index contributed by atoms with van der Waals surface area (Å²) in [5, 5.41) is 11.8. The van der Waals surface area contributed by atoms with E-state index in [1.807, 2.05) is 0 Å². The number of hydrogen-bond acceptors (Lipinski definition) is 3. The van der Waals surface area contributed by atoms with E-state index >= 15 is 0 Å². The van der Waals surface area contributed by atoms with Crippen LogP contribution in [0.2, 0.25) is 0 Å². The van der Waals surface area contributed by atoms with E-state index in [4.69, 9.17) is 9.84 Å². The van der Waals surface area contributed by atoms with Crippen LogP contribution < -0.4 is 10.1 Å². The SMILES string of the molecule is COc1cc(NC(=O)C2(c3ccc(F)cc3F)CCC2)ccc1C(=O)O. The predicted molar refractivity (Wildman–Crippen MR) is 90.5 cm³/mol. The van der Waals surface area contributed by atoms with Crippen LogP contribution >= 0.6 is 0 Å². The van der Waals surface area contributed by atoms with Gasteiger partial charge in [-0.15, -0.1) is 0 Å². The topological polar surface area (TPSA) is 75.6 Å². The first-order valence-corrected chi connectivity index (χ1v) is 8.06. The van der Waals surface area contributed by atoms with Crippen LogP contribution in [0.1, 0.15) is 35.2 Å². The molecule has 1 saturated carbocycles. The standard InChI is InChI=1S/C19H17F2NO4/c1-26-16-10-12(4-5-13(16)17(23)24)22-18(25)19(7-2-8-19)14-6-3-11(20)9-15(14)21/h3-6,9-10H,2,7-8H2,1H3,(H,22,25)(H,23,24). The monoisotopic (exact) mass is 361 g/mol. The van der Waals surface area contributed by atoms with Crippen molar-refractivity contribution in [1.29, 1.82) is 0 Å². The highest BCUT2D eigenvalue weighted by atomic mass is 19.1. The molecular formula is C19H17F2NO4. The van der Waals surface area contributed by atoms with Crippen molar-refractivity contribution in [3.05, 3.63) is 59.2 Å². The Hall–Kier alpha value is -2.96. The van der Waals surface area contributed by atoms with Gasteiger partial charge in [-0.05, 0) is 31.0 Å². The Morgan fingerprint density at radius 3 is 2.42 bits per heavy atom. The predicted octanol–water partition coefficient (Wildman–Crippen LogP) is 3.73. The van der Waals surface area contributed by atoms with E-state index in [-0.39, 0.29) is 16.9 Å². The molecule has 0 atom stereocenters.